The summed E-state index contributed by atoms with van der Waals surface area (Å²) in [4.78, 5) is 81.1. The number of fused-ring (bicyclic) bond motifs is 3. The average Bonchev–Trinajstić information content (AvgIpc) is 3.39. The second kappa shape index (κ2) is 28.9. The Morgan fingerprint density at radius 3 is 2.25 bits per heavy atom. The number of nitrogens with zero attached hydrogens (tertiary/aromatic N) is 4. The predicted octanol–water partition coefficient (Wildman–Crippen LogP) is 7.41. The number of amides is 2. The summed E-state index contributed by atoms with van der Waals surface area (Å²) in [6.45, 7) is 14.5. The number of Topliss-reactive ketones (excluding diaryl/α,β-unsaturated/α-hetero) is 2. The lowest BCUT2D eigenvalue weighted by Crippen LogP contribution is -2.64. The Kier molecular flexibility index (Phi) is 23.7. The minimum Gasteiger partial charge on any atom is -0.456 e. The van der Waals surface area contributed by atoms with E-state index in [1.165, 1.54) is 19.1 Å². The average molecular weight is 1050 g/mol. The number of aromatic nitrogens is 1. The first kappa shape index (κ1) is 61.5. The molecule has 4 fully saturated rings. The van der Waals surface area contributed by atoms with Gasteiger partial charge >= 0.3 is 12.1 Å². The number of rotatable bonds is 11. The summed E-state index contributed by atoms with van der Waals surface area (Å²) in [7, 11) is 4.67. The van der Waals surface area contributed by atoms with E-state index < -0.39 is 90.0 Å². The van der Waals surface area contributed by atoms with E-state index >= 15 is 0 Å². The second-order valence-corrected chi connectivity index (χ2v) is 21.8. The Balaban J connectivity index is 0.0000104. The first-order valence-electron chi connectivity index (χ1n) is 27.2. The molecule has 4 aliphatic heterocycles. The van der Waals surface area contributed by atoms with Crippen molar-refractivity contribution in [2.24, 2.45) is 29.6 Å². The number of cyclic esters (lactones) is 1. The van der Waals surface area contributed by atoms with Crippen LogP contribution in [0.1, 0.15) is 132 Å². The van der Waals surface area contributed by atoms with E-state index in [1.807, 2.05) is 63.3 Å². The molecule has 5 heterocycles. The van der Waals surface area contributed by atoms with Gasteiger partial charge in [-0.05, 0) is 114 Å². The Morgan fingerprint density at radius 2 is 1.59 bits per heavy atom. The quantitative estimate of drug-likeness (QED) is 0.126. The number of ether oxygens (including phenoxy) is 6. The Labute approximate surface area is 446 Å². The number of aliphatic hydroxyl groups is 2. The maximum Gasteiger partial charge on any atom is 0.410 e. The van der Waals surface area contributed by atoms with Crippen LogP contribution in [0.5, 0.6) is 0 Å². The van der Waals surface area contributed by atoms with Crippen LogP contribution in [0.15, 0.2) is 59.8 Å². The number of methoxy groups -OCH3 is 3. The summed E-state index contributed by atoms with van der Waals surface area (Å²) in [5.41, 5.74) is 2.59. The summed E-state index contributed by atoms with van der Waals surface area (Å²) in [6, 6.07) is 4.68. The molecule has 1 aromatic heterocycles. The molecule has 3 saturated heterocycles. The SMILES string of the molecule is C.CC/C=C/C[C@@H]1/C=C(\C)C[C@H](C)C[C@H](OC)[C@H]2O[C@@](O)(C(=O)C(=O)N3CCCC[C@H]3C(=O)O[C@H](/C(C)=C/[C@@H]3CC[C@@H](OC(=O)N4CCN(Cc5ccccn5)CC4)[C@H](OC)C3)[C@H](C)[C@@H](O)CC1=O)[C@H](C)C[C@@H]2OC. The molecule has 420 valence electrons. The van der Waals surface area contributed by atoms with Gasteiger partial charge in [0.15, 0.2) is 0 Å². The van der Waals surface area contributed by atoms with E-state index in [4.69, 9.17) is 28.4 Å². The Hall–Kier alpha value is -4.36. The Bertz CT molecular complexity index is 2130. The fraction of sp³-hybridized carbons (Fsp3) is 0.724. The topological polar surface area (TPSA) is 204 Å². The standard InChI is InChI=1S/C57H86N4O13.CH4/c1-10-11-12-17-42-29-36(2)28-37(3)30-49(70-8)52-50(71-9)32-39(5)57(68,74-52)53(64)54(65)61-23-16-14-19-44(61)55(66)73-51(40(6)45(62)34-46(42)63)38(4)31-41-20-21-47(48(33-41)69-7)72-56(67)60-26-24-59(25-27-60)35-43-18-13-15-22-58-43;/h11-13,15,18,22,29,31,37,39-42,44-45,47-52,62,68H,10,14,16-17,19-21,23-28,30,32-35H2,1-9H3;1H4/b12-11+,36-29+,38-31+;/t37-,39+,40+,41-,42+,44-,45-,47+,48+,49-,50-,51+,52+,57+;/m0./s1. The number of hydrogen-bond donors (Lipinski definition) is 2. The molecule has 1 aromatic rings. The van der Waals surface area contributed by atoms with E-state index in [1.54, 1.807) is 32.1 Å². The number of carbonyl (C=O) groups excluding carboxylic acids is 5. The van der Waals surface area contributed by atoms with Crippen molar-refractivity contribution >= 4 is 29.5 Å². The van der Waals surface area contributed by atoms with E-state index in [2.05, 4.69) is 16.8 Å². The summed E-state index contributed by atoms with van der Waals surface area (Å²) < 4.78 is 36.7. The molecule has 0 aromatic carbocycles. The van der Waals surface area contributed by atoms with Crippen molar-refractivity contribution in [3.63, 3.8) is 0 Å². The van der Waals surface area contributed by atoms with Gasteiger partial charge < -0.3 is 48.4 Å². The van der Waals surface area contributed by atoms with Gasteiger partial charge in [-0.15, -0.1) is 0 Å². The van der Waals surface area contributed by atoms with Crippen LogP contribution >= 0.6 is 0 Å². The lowest BCUT2D eigenvalue weighted by atomic mass is 9.81. The van der Waals surface area contributed by atoms with Crippen molar-refractivity contribution < 1.29 is 62.6 Å². The summed E-state index contributed by atoms with van der Waals surface area (Å²) >= 11 is 0. The van der Waals surface area contributed by atoms with Crippen molar-refractivity contribution in [3.8, 4) is 0 Å². The third-order valence-electron chi connectivity index (χ3n) is 16.2. The molecule has 1 aliphatic carbocycles. The first-order valence-corrected chi connectivity index (χ1v) is 27.2. The van der Waals surface area contributed by atoms with Gasteiger partial charge in [-0.1, -0.05) is 71.1 Å². The zero-order valence-electron chi connectivity index (χ0n) is 45.5. The van der Waals surface area contributed by atoms with Gasteiger partial charge in [0, 0.05) is 91.0 Å². The zero-order valence-corrected chi connectivity index (χ0v) is 45.5. The van der Waals surface area contributed by atoms with Crippen molar-refractivity contribution in [3.05, 3.63) is 65.5 Å². The van der Waals surface area contributed by atoms with Gasteiger partial charge in [0.05, 0.1) is 30.1 Å². The highest BCUT2D eigenvalue weighted by Crippen LogP contribution is 2.40. The zero-order chi connectivity index (χ0) is 53.7. The number of carbonyl (C=O) groups is 5. The van der Waals surface area contributed by atoms with Crippen LogP contribution < -0.4 is 0 Å². The van der Waals surface area contributed by atoms with Crippen molar-refractivity contribution in [2.75, 3.05) is 54.1 Å². The van der Waals surface area contributed by atoms with Crippen molar-refractivity contribution in [2.45, 2.75) is 187 Å². The maximum atomic E-state index is 14.7. The number of ketones is 2. The molecule has 75 heavy (non-hydrogen) atoms. The molecule has 1 saturated carbocycles. The second-order valence-electron chi connectivity index (χ2n) is 21.8. The number of esters is 1. The third kappa shape index (κ3) is 15.9. The maximum absolute atomic E-state index is 14.7. The number of allylic oxidation sites excluding steroid dienone is 5. The molecule has 5 aliphatic rings. The molecule has 17 heteroatoms. The van der Waals surface area contributed by atoms with Crippen molar-refractivity contribution in [1.29, 1.82) is 0 Å². The van der Waals surface area contributed by atoms with Crippen LogP contribution in [0, 0.1) is 29.6 Å². The van der Waals surface area contributed by atoms with Gasteiger partial charge in [0.25, 0.3) is 11.7 Å². The fourth-order valence-corrected chi connectivity index (χ4v) is 11.8. The largest absolute Gasteiger partial charge is 0.456 e. The van der Waals surface area contributed by atoms with Gasteiger partial charge in [0.2, 0.25) is 5.79 Å². The highest BCUT2D eigenvalue weighted by molar-refractivity contribution is 6.39. The highest BCUT2D eigenvalue weighted by atomic mass is 16.7. The van der Waals surface area contributed by atoms with Crippen LogP contribution in [0.4, 0.5) is 4.79 Å². The fourth-order valence-electron chi connectivity index (χ4n) is 11.8. The van der Waals surface area contributed by atoms with Crippen molar-refractivity contribution in [1.82, 2.24) is 19.7 Å². The highest BCUT2D eigenvalue weighted by Gasteiger charge is 2.56. The summed E-state index contributed by atoms with van der Waals surface area (Å²) in [5.74, 6) is -7.94. The van der Waals surface area contributed by atoms with Gasteiger partial charge in [0.1, 0.15) is 30.1 Å². The summed E-state index contributed by atoms with van der Waals surface area (Å²) in [6.07, 6.45) is 9.37. The third-order valence-corrected chi connectivity index (χ3v) is 16.2. The van der Waals surface area contributed by atoms with E-state index in [0.717, 1.165) is 17.7 Å². The Morgan fingerprint density at radius 1 is 0.880 bits per heavy atom. The molecule has 2 N–H and O–H groups in total. The lowest BCUT2D eigenvalue weighted by Gasteiger charge is -2.47. The van der Waals surface area contributed by atoms with Gasteiger partial charge in [-0.25, -0.2) is 9.59 Å². The number of aliphatic hydroxyl groups excluding tert-OH is 1. The molecule has 2 amide bonds. The molecule has 6 rings (SSSR count). The molecule has 14 atom stereocenters. The molecule has 0 spiro atoms. The molecular weight excluding hydrogens is 961 g/mol. The van der Waals surface area contributed by atoms with Crippen LogP contribution in [0.2, 0.25) is 0 Å². The van der Waals surface area contributed by atoms with Crippen LogP contribution in [-0.2, 0) is 54.1 Å². The number of piperazine rings is 1. The lowest BCUT2D eigenvalue weighted by molar-refractivity contribution is -0.302. The molecule has 0 radical (unpaired) electrons. The first-order chi connectivity index (χ1) is 35.4. The molecule has 17 nitrogen and oxygen atoms in total. The number of pyridine rings is 1. The summed E-state index contributed by atoms with van der Waals surface area (Å²) in [5, 5.41) is 24.3. The van der Waals surface area contributed by atoms with Crippen LogP contribution in [0.3, 0.4) is 0 Å². The minimum absolute atomic E-state index is 0. The predicted molar refractivity (Wildman–Crippen MR) is 284 cm³/mol. The monoisotopic (exact) mass is 1050 g/mol. The number of piperidine rings is 1. The van der Waals surface area contributed by atoms with E-state index in [0.29, 0.717) is 89.7 Å². The molecular formula is C58H90N4O13. The smallest absolute Gasteiger partial charge is 0.410 e. The van der Waals surface area contributed by atoms with Crippen LogP contribution in [-0.4, -0.2) is 168 Å². The normalized spacial score (nSPS) is 35.4. The molecule has 0 unspecified atom stereocenters. The van der Waals surface area contributed by atoms with Crippen LogP contribution in [0.25, 0.3) is 0 Å². The van der Waals surface area contributed by atoms with Gasteiger partial charge in [-0.3, -0.25) is 24.3 Å². The van der Waals surface area contributed by atoms with E-state index in [9.17, 15) is 34.2 Å². The van der Waals surface area contributed by atoms with Gasteiger partial charge in [-0.2, -0.15) is 0 Å². The molecule has 2 bridgehead atoms. The number of hydrogen-bond acceptors (Lipinski definition) is 15. The minimum atomic E-state index is -2.54. The van der Waals surface area contributed by atoms with E-state index in [-0.39, 0.29) is 56.9 Å².